The summed E-state index contributed by atoms with van der Waals surface area (Å²) in [6.45, 7) is 4.22. The minimum absolute atomic E-state index is 1.10. The highest BCUT2D eigenvalue weighted by Crippen LogP contribution is 2.30. The minimum Gasteiger partial charge on any atom is -0.364 e. The Bertz CT molecular complexity index is 182. The molecule has 0 spiro atoms. The molecule has 0 N–H and O–H groups in total. The van der Waals surface area contributed by atoms with E-state index in [0.717, 1.165) is 5.88 Å². The second-order valence-corrected chi connectivity index (χ2v) is 3.57. The summed E-state index contributed by atoms with van der Waals surface area (Å²) in [7, 11) is 2.12. The fourth-order valence-corrected chi connectivity index (χ4v) is 1.91. The van der Waals surface area contributed by atoms with E-state index < -0.39 is 0 Å². The van der Waals surface area contributed by atoms with Crippen LogP contribution in [0.1, 0.15) is 13.8 Å². The van der Waals surface area contributed by atoms with E-state index in [1.807, 2.05) is 11.8 Å². The predicted octanol–water partition coefficient (Wildman–Crippen LogP) is 2.43. The highest BCUT2D eigenvalue weighted by molar-refractivity contribution is 8.03. The Morgan fingerprint density at radius 2 is 2.30 bits per heavy atom. The average Bonchev–Trinajstić information content (AvgIpc) is 2.20. The fourth-order valence-electron chi connectivity index (χ4n) is 1.01. The van der Waals surface area contributed by atoms with Crippen molar-refractivity contribution in [3.8, 4) is 0 Å². The second kappa shape index (κ2) is 3.15. The highest BCUT2D eigenvalue weighted by atomic mass is 32.2. The lowest BCUT2D eigenvalue weighted by Crippen LogP contribution is -2.10. The molecule has 1 aliphatic heterocycles. The van der Waals surface area contributed by atoms with Crippen molar-refractivity contribution in [2.24, 2.45) is 0 Å². The molecule has 0 atom stereocenters. The van der Waals surface area contributed by atoms with Gasteiger partial charge < -0.3 is 4.90 Å². The summed E-state index contributed by atoms with van der Waals surface area (Å²) < 4.78 is 0. The zero-order valence-electron chi connectivity index (χ0n) is 6.72. The summed E-state index contributed by atoms with van der Waals surface area (Å²) in [6.07, 6.45) is 4.25. The van der Waals surface area contributed by atoms with E-state index in [-0.39, 0.29) is 0 Å². The van der Waals surface area contributed by atoms with Gasteiger partial charge in [0.25, 0.3) is 0 Å². The van der Waals surface area contributed by atoms with Gasteiger partial charge in [-0.1, -0.05) is 6.08 Å². The third kappa shape index (κ3) is 1.37. The number of hydrogen-bond donors (Lipinski definition) is 0. The lowest BCUT2D eigenvalue weighted by molar-refractivity contribution is 0.518. The van der Waals surface area contributed by atoms with Gasteiger partial charge in [-0.25, -0.2) is 0 Å². The number of rotatable bonds is 1. The van der Waals surface area contributed by atoms with Crippen molar-refractivity contribution >= 4 is 11.8 Å². The first-order valence-electron chi connectivity index (χ1n) is 3.43. The molecule has 0 radical (unpaired) electrons. The number of nitrogens with zero attached hydrogens (tertiary/aromatic N) is 1. The summed E-state index contributed by atoms with van der Waals surface area (Å²) >= 11 is 1.91. The molecule has 0 saturated carbocycles. The topological polar surface area (TPSA) is 3.24 Å². The SMILES string of the molecule is C/C=C\C1=C(C)SCN1C. The van der Waals surface area contributed by atoms with Crippen LogP contribution in [-0.2, 0) is 0 Å². The van der Waals surface area contributed by atoms with E-state index in [4.69, 9.17) is 0 Å². The van der Waals surface area contributed by atoms with Crippen LogP contribution in [0.3, 0.4) is 0 Å². The van der Waals surface area contributed by atoms with Gasteiger partial charge in [0.1, 0.15) is 0 Å². The van der Waals surface area contributed by atoms with Crippen LogP contribution in [-0.4, -0.2) is 17.8 Å². The normalized spacial score (nSPS) is 19.7. The van der Waals surface area contributed by atoms with Crippen molar-refractivity contribution in [3.05, 3.63) is 22.8 Å². The first-order chi connectivity index (χ1) is 4.75. The van der Waals surface area contributed by atoms with Gasteiger partial charge in [-0.15, -0.1) is 11.8 Å². The van der Waals surface area contributed by atoms with E-state index in [0.29, 0.717) is 0 Å². The Hall–Kier alpha value is -0.370. The summed E-state index contributed by atoms with van der Waals surface area (Å²) in [5.74, 6) is 1.10. The molecular weight excluding hydrogens is 142 g/mol. The van der Waals surface area contributed by atoms with Crippen molar-refractivity contribution in [1.29, 1.82) is 0 Å². The van der Waals surface area contributed by atoms with Gasteiger partial charge in [-0.2, -0.15) is 0 Å². The van der Waals surface area contributed by atoms with Crippen molar-refractivity contribution in [3.63, 3.8) is 0 Å². The zero-order valence-corrected chi connectivity index (χ0v) is 7.53. The molecule has 0 aromatic carbocycles. The van der Waals surface area contributed by atoms with Crippen LogP contribution < -0.4 is 0 Å². The molecule has 0 bridgehead atoms. The van der Waals surface area contributed by atoms with Crippen LogP contribution >= 0.6 is 11.8 Å². The van der Waals surface area contributed by atoms with Gasteiger partial charge in [0.05, 0.1) is 5.88 Å². The minimum atomic E-state index is 1.10. The van der Waals surface area contributed by atoms with Crippen LogP contribution in [0, 0.1) is 0 Å². The molecule has 0 unspecified atom stereocenters. The van der Waals surface area contributed by atoms with E-state index in [9.17, 15) is 0 Å². The van der Waals surface area contributed by atoms with Crippen molar-refractivity contribution in [2.45, 2.75) is 13.8 Å². The Morgan fingerprint density at radius 1 is 1.60 bits per heavy atom. The van der Waals surface area contributed by atoms with Crippen LogP contribution in [0.5, 0.6) is 0 Å². The van der Waals surface area contributed by atoms with Gasteiger partial charge in [0.15, 0.2) is 0 Å². The molecule has 1 rings (SSSR count). The van der Waals surface area contributed by atoms with Crippen molar-refractivity contribution < 1.29 is 0 Å². The van der Waals surface area contributed by atoms with E-state index in [2.05, 4.69) is 37.9 Å². The average molecular weight is 155 g/mol. The molecule has 0 amide bonds. The fraction of sp³-hybridized carbons (Fsp3) is 0.500. The summed E-state index contributed by atoms with van der Waals surface area (Å²) in [5.41, 5.74) is 1.37. The molecular formula is C8H13NS. The molecule has 0 saturated heterocycles. The van der Waals surface area contributed by atoms with Gasteiger partial charge in [0, 0.05) is 17.6 Å². The first kappa shape index (κ1) is 7.73. The number of likely N-dealkylation sites (N-methyl/N-ethyl adjacent to an activating group) is 1. The molecule has 1 aliphatic rings. The quantitative estimate of drug-likeness (QED) is 0.572. The van der Waals surface area contributed by atoms with E-state index in [1.165, 1.54) is 10.6 Å². The maximum Gasteiger partial charge on any atom is 0.0680 e. The largest absolute Gasteiger partial charge is 0.364 e. The van der Waals surface area contributed by atoms with Gasteiger partial charge in [0.2, 0.25) is 0 Å². The Labute approximate surface area is 66.8 Å². The summed E-state index contributed by atoms with van der Waals surface area (Å²) in [5, 5.41) is 0. The lowest BCUT2D eigenvalue weighted by Gasteiger charge is -2.10. The van der Waals surface area contributed by atoms with Crippen LogP contribution in [0.2, 0.25) is 0 Å². The van der Waals surface area contributed by atoms with Gasteiger partial charge in [-0.05, 0) is 19.9 Å². The maximum atomic E-state index is 2.26. The Morgan fingerprint density at radius 3 is 2.70 bits per heavy atom. The van der Waals surface area contributed by atoms with Crippen molar-refractivity contribution in [2.75, 3.05) is 12.9 Å². The number of thioether (sulfide) groups is 1. The summed E-state index contributed by atoms with van der Waals surface area (Å²) in [4.78, 5) is 3.70. The van der Waals surface area contributed by atoms with E-state index >= 15 is 0 Å². The third-order valence-corrected chi connectivity index (χ3v) is 2.73. The molecule has 1 nitrogen and oxygen atoms in total. The van der Waals surface area contributed by atoms with Gasteiger partial charge >= 0.3 is 0 Å². The van der Waals surface area contributed by atoms with Crippen LogP contribution in [0.25, 0.3) is 0 Å². The molecule has 10 heavy (non-hydrogen) atoms. The second-order valence-electron chi connectivity index (χ2n) is 2.41. The first-order valence-corrected chi connectivity index (χ1v) is 4.41. The van der Waals surface area contributed by atoms with Crippen LogP contribution in [0.4, 0.5) is 0 Å². The smallest absolute Gasteiger partial charge is 0.0680 e. The maximum absolute atomic E-state index is 2.26. The monoisotopic (exact) mass is 155 g/mol. The van der Waals surface area contributed by atoms with Gasteiger partial charge in [-0.3, -0.25) is 0 Å². The molecule has 0 aromatic heterocycles. The predicted molar refractivity (Wildman–Crippen MR) is 47.7 cm³/mol. The molecule has 0 fully saturated rings. The molecule has 0 aromatic rings. The van der Waals surface area contributed by atoms with Crippen LogP contribution in [0.15, 0.2) is 22.8 Å². The zero-order chi connectivity index (χ0) is 7.56. The third-order valence-electron chi connectivity index (χ3n) is 1.57. The standard InChI is InChI=1S/C8H13NS/c1-4-5-8-7(2)10-6-9(8)3/h4-5H,6H2,1-3H3/b5-4-. The van der Waals surface area contributed by atoms with Crippen molar-refractivity contribution in [1.82, 2.24) is 4.90 Å². The van der Waals surface area contributed by atoms with E-state index in [1.54, 1.807) is 0 Å². The molecule has 1 heterocycles. The molecule has 56 valence electrons. The molecule has 0 aliphatic carbocycles. The summed E-state index contributed by atoms with van der Waals surface area (Å²) in [6, 6.07) is 0. The lowest BCUT2D eigenvalue weighted by atomic mass is 10.3. The number of hydrogen-bond acceptors (Lipinski definition) is 2. The molecule has 2 heteroatoms. The highest BCUT2D eigenvalue weighted by Gasteiger charge is 2.12. The Balaban J connectivity index is 2.77. The Kier molecular flexibility index (Phi) is 2.44. The number of allylic oxidation sites excluding steroid dienone is 3.